The van der Waals surface area contributed by atoms with E-state index in [0.29, 0.717) is 13.1 Å². The van der Waals surface area contributed by atoms with Crippen molar-refractivity contribution in [1.29, 1.82) is 0 Å². The molecule has 2 aromatic carbocycles. The van der Waals surface area contributed by atoms with Gasteiger partial charge < -0.3 is 15.0 Å². The Morgan fingerprint density at radius 1 is 1.22 bits per heavy atom. The quantitative estimate of drug-likeness (QED) is 0.944. The van der Waals surface area contributed by atoms with E-state index in [4.69, 9.17) is 4.74 Å². The summed E-state index contributed by atoms with van der Waals surface area (Å²) in [6.07, 6.45) is 1.06. The fourth-order valence-electron chi connectivity index (χ4n) is 3.59. The molecule has 4 nitrogen and oxygen atoms in total. The molecule has 0 spiro atoms. The van der Waals surface area contributed by atoms with E-state index in [9.17, 15) is 4.79 Å². The molecule has 2 aliphatic heterocycles. The molecular formula is C19H20N2O2. The van der Waals surface area contributed by atoms with Gasteiger partial charge in [0.15, 0.2) is 0 Å². The second-order valence-corrected chi connectivity index (χ2v) is 6.31. The van der Waals surface area contributed by atoms with E-state index in [2.05, 4.69) is 29.6 Å². The van der Waals surface area contributed by atoms with E-state index in [0.717, 1.165) is 29.8 Å². The van der Waals surface area contributed by atoms with Gasteiger partial charge in [-0.25, -0.2) is 0 Å². The summed E-state index contributed by atoms with van der Waals surface area (Å²) in [7, 11) is 1.65. The van der Waals surface area contributed by atoms with Gasteiger partial charge in [-0.15, -0.1) is 0 Å². The van der Waals surface area contributed by atoms with Crippen molar-refractivity contribution in [2.24, 2.45) is 0 Å². The van der Waals surface area contributed by atoms with Crippen molar-refractivity contribution in [3.63, 3.8) is 0 Å². The number of fused-ring (bicyclic) bond motifs is 1. The van der Waals surface area contributed by atoms with Crippen LogP contribution in [0.4, 0.5) is 0 Å². The highest BCUT2D eigenvalue weighted by Crippen LogP contribution is 2.35. The molecule has 1 fully saturated rings. The third-order valence-corrected chi connectivity index (χ3v) is 4.99. The summed E-state index contributed by atoms with van der Waals surface area (Å²) >= 11 is 0. The van der Waals surface area contributed by atoms with Crippen LogP contribution in [0.5, 0.6) is 5.75 Å². The predicted octanol–water partition coefficient (Wildman–Crippen LogP) is 2.54. The zero-order valence-electron chi connectivity index (χ0n) is 13.2. The molecule has 4 rings (SSSR count). The Kier molecular flexibility index (Phi) is 3.34. The molecule has 118 valence electrons. The Labute approximate surface area is 136 Å². The summed E-state index contributed by atoms with van der Waals surface area (Å²) in [5, 5.41) is 3.55. The lowest BCUT2D eigenvalue weighted by molar-refractivity contribution is 0.0645. The maximum Gasteiger partial charge on any atom is 0.254 e. The van der Waals surface area contributed by atoms with Gasteiger partial charge in [0.25, 0.3) is 5.91 Å². The number of rotatable bonds is 4. The number of amides is 1. The minimum atomic E-state index is -0.108. The van der Waals surface area contributed by atoms with Crippen LogP contribution in [0.15, 0.2) is 48.5 Å². The largest absolute Gasteiger partial charge is 0.497 e. The van der Waals surface area contributed by atoms with E-state index in [1.165, 1.54) is 5.56 Å². The average Bonchev–Trinajstić information content (AvgIpc) is 2.87. The molecule has 1 N–H and O–H groups in total. The number of nitrogens with zero attached hydrogens (tertiary/aromatic N) is 1. The van der Waals surface area contributed by atoms with Crippen molar-refractivity contribution in [2.75, 3.05) is 20.2 Å². The molecule has 1 atom stereocenters. The van der Waals surface area contributed by atoms with Crippen LogP contribution in [0.2, 0.25) is 0 Å². The number of methoxy groups -OCH3 is 1. The van der Waals surface area contributed by atoms with Crippen LogP contribution in [0.3, 0.4) is 0 Å². The van der Waals surface area contributed by atoms with E-state index >= 15 is 0 Å². The fraction of sp³-hybridized carbons (Fsp3) is 0.316. The Morgan fingerprint density at radius 2 is 2.00 bits per heavy atom. The Hall–Kier alpha value is -2.33. The molecule has 0 bridgehead atoms. The van der Waals surface area contributed by atoms with Gasteiger partial charge >= 0.3 is 0 Å². The lowest BCUT2D eigenvalue weighted by Crippen LogP contribution is -2.60. The summed E-state index contributed by atoms with van der Waals surface area (Å²) in [6.45, 7) is 2.35. The van der Waals surface area contributed by atoms with E-state index in [1.54, 1.807) is 7.11 Å². The summed E-state index contributed by atoms with van der Waals surface area (Å²) < 4.78 is 5.27. The molecule has 1 unspecified atom stereocenters. The van der Waals surface area contributed by atoms with Gasteiger partial charge in [-0.2, -0.15) is 0 Å². The monoisotopic (exact) mass is 308 g/mol. The molecule has 23 heavy (non-hydrogen) atoms. The first-order valence-electron chi connectivity index (χ1n) is 7.99. The molecule has 0 saturated carbocycles. The van der Waals surface area contributed by atoms with E-state index < -0.39 is 0 Å². The third kappa shape index (κ3) is 2.30. The van der Waals surface area contributed by atoms with Gasteiger partial charge in [0.2, 0.25) is 0 Å². The minimum Gasteiger partial charge on any atom is -0.497 e. The van der Waals surface area contributed by atoms with Crippen LogP contribution in [-0.4, -0.2) is 31.0 Å². The standard InChI is InChI=1S/C19H20N2O2/c1-23-16-7-8-17-14(11-16)12-21(18(17)22)13-19(9-10-20-19)15-5-3-2-4-6-15/h2-8,11,20H,9-10,12-13H2,1H3. The van der Waals surface area contributed by atoms with E-state index in [1.807, 2.05) is 29.2 Å². The van der Waals surface area contributed by atoms with Crippen LogP contribution in [0.25, 0.3) is 0 Å². The summed E-state index contributed by atoms with van der Waals surface area (Å²) in [4.78, 5) is 14.7. The zero-order chi connectivity index (χ0) is 15.9. The lowest BCUT2D eigenvalue weighted by Gasteiger charge is -2.46. The predicted molar refractivity (Wildman–Crippen MR) is 88.5 cm³/mol. The summed E-state index contributed by atoms with van der Waals surface area (Å²) in [5.41, 5.74) is 3.00. The first-order chi connectivity index (χ1) is 11.2. The molecule has 1 amide bonds. The molecule has 2 heterocycles. The Bertz CT molecular complexity index is 738. The highest BCUT2D eigenvalue weighted by atomic mass is 16.5. The van der Waals surface area contributed by atoms with Gasteiger partial charge in [-0.3, -0.25) is 4.79 Å². The minimum absolute atomic E-state index is 0.108. The normalized spacial score (nSPS) is 22.7. The van der Waals surface area contributed by atoms with Crippen LogP contribution in [0, 0.1) is 0 Å². The van der Waals surface area contributed by atoms with Crippen molar-refractivity contribution in [3.05, 3.63) is 65.2 Å². The highest BCUT2D eigenvalue weighted by molar-refractivity contribution is 5.98. The molecule has 2 aromatic rings. The Morgan fingerprint density at radius 3 is 2.65 bits per heavy atom. The van der Waals surface area contributed by atoms with Crippen molar-refractivity contribution in [1.82, 2.24) is 10.2 Å². The number of nitrogens with one attached hydrogen (secondary N) is 1. The number of benzene rings is 2. The van der Waals surface area contributed by atoms with Crippen molar-refractivity contribution in [3.8, 4) is 5.75 Å². The smallest absolute Gasteiger partial charge is 0.254 e. The first-order valence-corrected chi connectivity index (χ1v) is 7.99. The van der Waals surface area contributed by atoms with Crippen LogP contribution in [-0.2, 0) is 12.1 Å². The molecule has 0 aliphatic carbocycles. The lowest BCUT2D eigenvalue weighted by atomic mass is 9.80. The van der Waals surface area contributed by atoms with Crippen molar-refractivity contribution < 1.29 is 9.53 Å². The average molecular weight is 308 g/mol. The van der Waals surface area contributed by atoms with Gasteiger partial charge in [-0.1, -0.05) is 30.3 Å². The topological polar surface area (TPSA) is 41.6 Å². The molecule has 1 saturated heterocycles. The second kappa shape index (κ2) is 5.39. The highest BCUT2D eigenvalue weighted by Gasteiger charge is 2.42. The first kappa shape index (κ1) is 14.3. The number of ether oxygens (including phenoxy) is 1. The maximum atomic E-state index is 12.7. The number of hydrogen-bond donors (Lipinski definition) is 1. The van der Waals surface area contributed by atoms with Gasteiger partial charge in [-0.05, 0) is 42.3 Å². The van der Waals surface area contributed by atoms with Gasteiger partial charge in [0.1, 0.15) is 5.75 Å². The van der Waals surface area contributed by atoms with Crippen LogP contribution < -0.4 is 10.1 Å². The van der Waals surface area contributed by atoms with Crippen molar-refractivity contribution in [2.45, 2.75) is 18.5 Å². The fourth-order valence-corrected chi connectivity index (χ4v) is 3.59. The number of carbonyl (C=O) groups is 1. The number of hydrogen-bond acceptors (Lipinski definition) is 3. The summed E-state index contributed by atoms with van der Waals surface area (Å²) in [6, 6.07) is 16.1. The summed E-state index contributed by atoms with van der Waals surface area (Å²) in [5.74, 6) is 0.921. The SMILES string of the molecule is COc1ccc2c(c1)CN(CC1(c3ccccc3)CCN1)C2=O. The third-order valence-electron chi connectivity index (χ3n) is 4.99. The molecule has 2 aliphatic rings. The number of carbonyl (C=O) groups excluding carboxylic acids is 1. The second-order valence-electron chi connectivity index (χ2n) is 6.31. The molecule has 4 heteroatoms. The van der Waals surface area contributed by atoms with Crippen molar-refractivity contribution >= 4 is 5.91 Å². The van der Waals surface area contributed by atoms with Crippen LogP contribution >= 0.6 is 0 Å². The maximum absolute atomic E-state index is 12.7. The zero-order valence-corrected chi connectivity index (χ0v) is 13.2. The molecule has 0 radical (unpaired) electrons. The van der Waals surface area contributed by atoms with Gasteiger partial charge in [0, 0.05) is 18.7 Å². The Balaban J connectivity index is 1.59. The van der Waals surface area contributed by atoms with E-state index in [-0.39, 0.29) is 11.4 Å². The molecule has 0 aromatic heterocycles. The van der Waals surface area contributed by atoms with Gasteiger partial charge in [0.05, 0.1) is 12.6 Å². The van der Waals surface area contributed by atoms with Crippen LogP contribution in [0.1, 0.15) is 27.9 Å². The molecular weight excluding hydrogens is 288 g/mol.